The molecular weight excluding hydrogens is 354 g/mol. The van der Waals surface area contributed by atoms with Gasteiger partial charge < -0.3 is 4.84 Å². The normalized spacial score (nSPS) is 17.2. The predicted octanol–water partition coefficient (Wildman–Crippen LogP) is 2.25. The molecule has 0 N–H and O–H groups in total. The lowest BCUT2D eigenvalue weighted by Crippen LogP contribution is -2.33. The molecule has 2 aromatic rings. The number of carbonyl (C=O) groups excluding carboxylic acids is 3. The van der Waals surface area contributed by atoms with Crippen LogP contribution >= 0.6 is 0 Å². The van der Waals surface area contributed by atoms with E-state index in [2.05, 4.69) is 0 Å². The number of fused-ring (bicyclic) bond motifs is 1. The topological polar surface area (TPSA) is 80.8 Å². The van der Waals surface area contributed by atoms with Crippen LogP contribution in [-0.2, 0) is 26.9 Å². The van der Waals surface area contributed by atoms with Crippen molar-refractivity contribution in [2.75, 3.05) is 0 Å². The van der Waals surface area contributed by atoms with Crippen LogP contribution < -0.4 is 0 Å². The zero-order valence-corrected chi connectivity index (χ0v) is 14.5. The van der Waals surface area contributed by atoms with Gasteiger partial charge in [0.1, 0.15) is 0 Å². The molecule has 2 aromatic carbocycles. The molecule has 2 aliphatic rings. The highest BCUT2D eigenvalue weighted by atomic mass is 32.2. The van der Waals surface area contributed by atoms with Gasteiger partial charge in [0.2, 0.25) is 0 Å². The van der Waals surface area contributed by atoms with E-state index in [0.29, 0.717) is 10.6 Å². The molecule has 0 saturated heterocycles. The number of imide groups is 1. The molecule has 1 saturated carbocycles. The molecule has 4 rings (SSSR count). The number of hydrogen-bond donors (Lipinski definition) is 0. The Morgan fingerprint density at radius 1 is 1.00 bits per heavy atom. The quantitative estimate of drug-likeness (QED) is 0.755. The van der Waals surface area contributed by atoms with Crippen LogP contribution in [0.1, 0.15) is 39.1 Å². The molecule has 0 radical (unpaired) electrons. The average molecular weight is 369 g/mol. The van der Waals surface area contributed by atoms with Crippen molar-refractivity contribution in [2.45, 2.75) is 29.4 Å². The van der Waals surface area contributed by atoms with Crippen LogP contribution in [0.4, 0.5) is 0 Å². The monoisotopic (exact) mass is 369 g/mol. The van der Waals surface area contributed by atoms with E-state index in [1.165, 1.54) is 12.1 Å². The smallest absolute Gasteiger partial charge is 0.329 e. The SMILES string of the molecule is O=C(Cc1ccc(S(=O)C2CC2)cc1)ON1C(=O)c2ccccc2C1=O. The first kappa shape index (κ1) is 16.7. The number of hydroxylamine groups is 2. The maximum Gasteiger partial charge on any atom is 0.337 e. The summed E-state index contributed by atoms with van der Waals surface area (Å²) < 4.78 is 12.1. The van der Waals surface area contributed by atoms with Crippen LogP contribution in [0.3, 0.4) is 0 Å². The van der Waals surface area contributed by atoms with Crippen LogP contribution in [0.5, 0.6) is 0 Å². The summed E-state index contributed by atoms with van der Waals surface area (Å²) in [6, 6.07) is 13.2. The molecule has 1 fully saturated rings. The highest BCUT2D eigenvalue weighted by Crippen LogP contribution is 2.30. The second kappa shape index (κ2) is 6.49. The highest BCUT2D eigenvalue weighted by molar-refractivity contribution is 7.86. The first-order valence-corrected chi connectivity index (χ1v) is 9.44. The Hall–Kier alpha value is -2.80. The minimum absolute atomic E-state index is 0.0935. The third-order valence-electron chi connectivity index (χ3n) is 4.28. The molecule has 0 spiro atoms. The Morgan fingerprint density at radius 3 is 2.12 bits per heavy atom. The summed E-state index contributed by atoms with van der Waals surface area (Å²) in [5, 5.41) is 0.753. The van der Waals surface area contributed by atoms with E-state index in [-0.39, 0.29) is 22.8 Å². The fraction of sp³-hybridized carbons (Fsp3) is 0.211. The Kier molecular flexibility index (Phi) is 4.16. The van der Waals surface area contributed by atoms with E-state index in [4.69, 9.17) is 4.84 Å². The van der Waals surface area contributed by atoms with Crippen molar-refractivity contribution in [3.8, 4) is 0 Å². The fourth-order valence-corrected chi connectivity index (χ4v) is 4.12. The van der Waals surface area contributed by atoms with Gasteiger partial charge in [0.05, 0.1) is 28.3 Å². The highest BCUT2D eigenvalue weighted by Gasteiger charge is 2.38. The molecule has 26 heavy (non-hydrogen) atoms. The van der Waals surface area contributed by atoms with E-state index in [0.717, 1.165) is 17.7 Å². The van der Waals surface area contributed by atoms with Crippen molar-refractivity contribution in [1.29, 1.82) is 0 Å². The molecule has 1 unspecified atom stereocenters. The van der Waals surface area contributed by atoms with Crippen LogP contribution in [0.2, 0.25) is 0 Å². The second-order valence-electron chi connectivity index (χ2n) is 6.23. The van der Waals surface area contributed by atoms with E-state index in [9.17, 15) is 18.6 Å². The largest absolute Gasteiger partial charge is 0.337 e. The summed E-state index contributed by atoms with van der Waals surface area (Å²) in [7, 11) is -0.995. The van der Waals surface area contributed by atoms with Gasteiger partial charge in [-0.3, -0.25) is 13.8 Å². The van der Waals surface area contributed by atoms with Crippen LogP contribution in [-0.4, -0.2) is 32.3 Å². The third-order valence-corrected chi connectivity index (χ3v) is 6.09. The first-order chi connectivity index (χ1) is 12.5. The summed E-state index contributed by atoms with van der Waals surface area (Å²) >= 11 is 0. The van der Waals surface area contributed by atoms with Gasteiger partial charge >= 0.3 is 5.97 Å². The number of amides is 2. The lowest BCUT2D eigenvalue weighted by atomic mass is 10.1. The summed E-state index contributed by atoms with van der Waals surface area (Å²) in [5.41, 5.74) is 1.09. The van der Waals surface area contributed by atoms with Gasteiger partial charge in [0, 0.05) is 10.1 Å². The summed E-state index contributed by atoms with van der Waals surface area (Å²) in [4.78, 5) is 42.2. The van der Waals surface area contributed by atoms with Crippen molar-refractivity contribution >= 4 is 28.6 Å². The number of benzene rings is 2. The van der Waals surface area contributed by atoms with Crippen molar-refractivity contribution in [3.05, 3.63) is 65.2 Å². The zero-order valence-electron chi connectivity index (χ0n) is 13.7. The molecule has 0 bridgehead atoms. The Bertz CT molecular complexity index is 898. The van der Waals surface area contributed by atoms with Gasteiger partial charge in [-0.15, -0.1) is 0 Å². The van der Waals surface area contributed by atoms with Crippen LogP contribution in [0.15, 0.2) is 53.4 Å². The van der Waals surface area contributed by atoms with Gasteiger partial charge in [-0.05, 0) is 42.7 Å². The molecule has 1 heterocycles. The van der Waals surface area contributed by atoms with Gasteiger partial charge in [-0.1, -0.05) is 29.3 Å². The molecule has 7 heteroatoms. The Labute approximate surface area is 152 Å². The lowest BCUT2D eigenvalue weighted by molar-refractivity contribution is -0.167. The standard InChI is InChI=1S/C19H15NO5S/c21-17(11-12-5-7-13(8-6-12)26(24)14-9-10-14)25-20-18(22)15-3-1-2-4-16(15)19(20)23/h1-8,14H,9-11H2. The maximum absolute atomic E-state index is 12.2. The van der Waals surface area contributed by atoms with E-state index < -0.39 is 28.6 Å². The molecular formula is C19H15NO5S. The molecule has 2 amide bonds. The van der Waals surface area contributed by atoms with Crippen molar-refractivity contribution < 1.29 is 23.4 Å². The van der Waals surface area contributed by atoms with Crippen LogP contribution in [0.25, 0.3) is 0 Å². The Balaban J connectivity index is 1.41. The van der Waals surface area contributed by atoms with Crippen molar-refractivity contribution in [1.82, 2.24) is 5.06 Å². The van der Waals surface area contributed by atoms with E-state index in [1.807, 2.05) is 0 Å². The minimum Gasteiger partial charge on any atom is -0.329 e. The summed E-state index contributed by atoms with van der Waals surface area (Å²) in [6.07, 6.45) is 1.88. The molecule has 0 aromatic heterocycles. The van der Waals surface area contributed by atoms with Crippen LogP contribution in [0, 0.1) is 0 Å². The number of carbonyl (C=O) groups is 3. The molecule has 6 nitrogen and oxygen atoms in total. The molecule has 1 aliphatic heterocycles. The van der Waals surface area contributed by atoms with E-state index in [1.54, 1.807) is 36.4 Å². The summed E-state index contributed by atoms with van der Waals surface area (Å²) in [6.45, 7) is 0. The number of hydrogen-bond acceptors (Lipinski definition) is 5. The lowest BCUT2D eigenvalue weighted by Gasteiger charge is -2.12. The first-order valence-electron chi connectivity index (χ1n) is 8.23. The predicted molar refractivity (Wildman–Crippen MR) is 92.6 cm³/mol. The maximum atomic E-state index is 12.2. The van der Waals surface area contributed by atoms with E-state index >= 15 is 0 Å². The average Bonchev–Trinajstić information content (AvgIpc) is 3.47. The molecule has 132 valence electrons. The van der Waals surface area contributed by atoms with Crippen molar-refractivity contribution in [2.24, 2.45) is 0 Å². The third kappa shape index (κ3) is 3.06. The second-order valence-corrected chi connectivity index (χ2v) is 7.96. The number of rotatable bonds is 5. The molecule has 1 aliphatic carbocycles. The molecule has 1 atom stereocenters. The van der Waals surface area contributed by atoms with Crippen molar-refractivity contribution in [3.63, 3.8) is 0 Å². The van der Waals surface area contributed by atoms with Gasteiger partial charge in [-0.2, -0.15) is 0 Å². The number of nitrogens with zero attached hydrogens (tertiary/aromatic N) is 1. The van der Waals surface area contributed by atoms with Gasteiger partial charge in [0.25, 0.3) is 11.8 Å². The fourth-order valence-electron chi connectivity index (χ4n) is 2.77. The Morgan fingerprint density at radius 2 is 1.58 bits per heavy atom. The summed E-state index contributed by atoms with van der Waals surface area (Å²) in [5.74, 6) is -2.00. The zero-order chi connectivity index (χ0) is 18.3. The minimum atomic E-state index is -0.995. The van der Waals surface area contributed by atoms with Gasteiger partial charge in [0.15, 0.2) is 0 Å². The van der Waals surface area contributed by atoms with Gasteiger partial charge in [-0.25, -0.2) is 4.79 Å².